The molecule has 0 saturated carbocycles. The molecule has 0 aliphatic heterocycles. The van der Waals surface area contributed by atoms with Gasteiger partial charge in [-0.3, -0.25) is 0 Å². The van der Waals surface area contributed by atoms with Gasteiger partial charge < -0.3 is 19.7 Å². The third kappa shape index (κ3) is 5.67. The lowest BCUT2D eigenvalue weighted by Crippen LogP contribution is -2.37. The summed E-state index contributed by atoms with van der Waals surface area (Å²) in [5, 5.41) is 4.19. The molecular weight excluding hydrogens is 399 g/mol. The summed E-state index contributed by atoms with van der Waals surface area (Å²) < 4.78 is 48.9. The molecule has 0 unspecified atom stereocenters. The van der Waals surface area contributed by atoms with E-state index in [1.807, 2.05) is 0 Å². The summed E-state index contributed by atoms with van der Waals surface area (Å²) in [6, 6.07) is 3.95. The van der Waals surface area contributed by atoms with E-state index >= 15 is 0 Å². The molecule has 2 rings (SSSR count). The van der Waals surface area contributed by atoms with Crippen LogP contribution in [0.1, 0.15) is 21.1 Å². The molecule has 1 N–H and O–H groups in total. The van der Waals surface area contributed by atoms with Crippen LogP contribution in [0.5, 0.6) is 0 Å². The van der Waals surface area contributed by atoms with Crippen molar-refractivity contribution in [1.29, 1.82) is 0 Å². The summed E-state index contributed by atoms with van der Waals surface area (Å²) in [4.78, 5) is 29.4. The number of nitrogens with one attached hydrogen (secondary N) is 1. The number of halogens is 3. The summed E-state index contributed by atoms with van der Waals surface area (Å²) in [5.74, 6) is -0.616. The van der Waals surface area contributed by atoms with Crippen molar-refractivity contribution >= 4 is 29.0 Å². The molecule has 1 aromatic carbocycles. The molecule has 2 amide bonds. The molecule has 11 heteroatoms. The van der Waals surface area contributed by atoms with Crippen LogP contribution in [0.4, 0.5) is 23.7 Å². The summed E-state index contributed by atoms with van der Waals surface area (Å²) in [7, 11) is 2.66. The minimum Gasteiger partial charge on any atom is -0.464 e. The molecule has 0 saturated heterocycles. The van der Waals surface area contributed by atoms with Gasteiger partial charge in [-0.15, -0.1) is 11.3 Å². The van der Waals surface area contributed by atoms with Gasteiger partial charge in [0.15, 0.2) is 5.69 Å². The summed E-state index contributed by atoms with van der Waals surface area (Å²) in [6.07, 6.45) is -4.61. The number of amides is 2. The minimum atomic E-state index is -4.61. The smallest absolute Gasteiger partial charge is 0.418 e. The number of para-hydroxylation sites is 1. The predicted molar refractivity (Wildman–Crippen MR) is 96.2 cm³/mol. The molecule has 2 aromatic rings. The van der Waals surface area contributed by atoms with Crippen molar-refractivity contribution in [3.8, 4) is 0 Å². The molecule has 0 aliphatic carbocycles. The van der Waals surface area contributed by atoms with E-state index in [9.17, 15) is 22.8 Å². The summed E-state index contributed by atoms with van der Waals surface area (Å²) in [6.45, 7) is 0.276. The van der Waals surface area contributed by atoms with E-state index in [0.29, 0.717) is 5.01 Å². The first-order valence-electron chi connectivity index (χ1n) is 8.00. The number of alkyl halides is 3. The first kappa shape index (κ1) is 21.6. The van der Waals surface area contributed by atoms with E-state index in [4.69, 9.17) is 4.74 Å². The molecule has 7 nitrogen and oxygen atoms in total. The topological polar surface area (TPSA) is 80.8 Å². The van der Waals surface area contributed by atoms with Gasteiger partial charge in [0.1, 0.15) is 5.01 Å². The first-order valence-corrected chi connectivity index (χ1v) is 8.88. The van der Waals surface area contributed by atoms with Crippen molar-refractivity contribution in [3.63, 3.8) is 0 Å². The molecule has 1 heterocycles. The molecule has 0 radical (unpaired) electrons. The lowest BCUT2D eigenvalue weighted by Gasteiger charge is -2.23. The Morgan fingerprint density at radius 2 is 1.96 bits per heavy atom. The van der Waals surface area contributed by atoms with E-state index < -0.39 is 23.7 Å². The third-order valence-electron chi connectivity index (χ3n) is 3.60. The van der Waals surface area contributed by atoms with Crippen LogP contribution in [0.15, 0.2) is 29.6 Å². The number of benzene rings is 1. The molecule has 0 fully saturated rings. The normalized spacial score (nSPS) is 11.2. The van der Waals surface area contributed by atoms with Gasteiger partial charge in [0, 0.05) is 19.0 Å². The molecule has 0 atom stereocenters. The number of urea groups is 1. The van der Waals surface area contributed by atoms with Crippen LogP contribution in [0, 0.1) is 0 Å². The van der Waals surface area contributed by atoms with E-state index in [1.165, 1.54) is 42.7 Å². The van der Waals surface area contributed by atoms with Gasteiger partial charge >= 0.3 is 18.2 Å². The molecule has 0 bridgehead atoms. The average molecular weight is 417 g/mol. The minimum absolute atomic E-state index is 0.00889. The van der Waals surface area contributed by atoms with Crippen LogP contribution in [0.25, 0.3) is 0 Å². The van der Waals surface area contributed by atoms with Crippen molar-refractivity contribution in [1.82, 2.24) is 9.88 Å². The number of carbonyl (C=O) groups excluding carboxylic acids is 2. The van der Waals surface area contributed by atoms with Crippen molar-refractivity contribution in [2.24, 2.45) is 0 Å². The summed E-state index contributed by atoms with van der Waals surface area (Å²) in [5.41, 5.74) is -1.20. The Bertz CT molecular complexity index is 826. The van der Waals surface area contributed by atoms with Crippen molar-refractivity contribution in [2.75, 3.05) is 32.7 Å². The number of thiazole rings is 1. The maximum absolute atomic E-state index is 13.1. The SMILES string of the molecule is COCCN(Cc1nc(C(=O)OC)cs1)C(=O)Nc1ccccc1C(F)(F)F. The number of anilines is 1. The van der Waals surface area contributed by atoms with Crippen LogP contribution in [0.3, 0.4) is 0 Å². The zero-order valence-electron chi connectivity index (χ0n) is 15.1. The van der Waals surface area contributed by atoms with Crippen LogP contribution in [-0.2, 0) is 22.2 Å². The Balaban J connectivity index is 2.18. The number of esters is 1. The van der Waals surface area contributed by atoms with Gasteiger partial charge in [-0.25, -0.2) is 14.6 Å². The quantitative estimate of drug-likeness (QED) is 0.696. The van der Waals surface area contributed by atoms with Gasteiger partial charge in [0.25, 0.3) is 0 Å². The Morgan fingerprint density at radius 1 is 1.25 bits per heavy atom. The lowest BCUT2D eigenvalue weighted by atomic mass is 10.1. The number of hydrogen-bond donors (Lipinski definition) is 1. The lowest BCUT2D eigenvalue weighted by molar-refractivity contribution is -0.136. The molecule has 0 aliphatic rings. The largest absolute Gasteiger partial charge is 0.464 e. The number of rotatable bonds is 7. The zero-order chi connectivity index (χ0) is 20.7. The Morgan fingerprint density at radius 3 is 2.61 bits per heavy atom. The monoisotopic (exact) mass is 417 g/mol. The van der Waals surface area contributed by atoms with Gasteiger partial charge in [-0.1, -0.05) is 12.1 Å². The van der Waals surface area contributed by atoms with E-state index in [2.05, 4.69) is 15.0 Å². The van der Waals surface area contributed by atoms with Gasteiger partial charge in [-0.05, 0) is 12.1 Å². The van der Waals surface area contributed by atoms with Crippen LogP contribution >= 0.6 is 11.3 Å². The predicted octanol–water partition coefficient (Wildman–Crippen LogP) is 3.63. The maximum atomic E-state index is 13.1. The van der Waals surface area contributed by atoms with Gasteiger partial charge in [-0.2, -0.15) is 13.2 Å². The second kappa shape index (κ2) is 9.51. The number of hydrogen-bond acceptors (Lipinski definition) is 6. The highest BCUT2D eigenvalue weighted by Gasteiger charge is 2.34. The average Bonchev–Trinajstić information content (AvgIpc) is 3.12. The number of methoxy groups -OCH3 is 2. The molecule has 0 spiro atoms. The van der Waals surface area contributed by atoms with E-state index in [1.54, 1.807) is 0 Å². The second-order valence-electron chi connectivity index (χ2n) is 5.51. The fraction of sp³-hybridized carbons (Fsp3) is 0.353. The highest BCUT2D eigenvalue weighted by Crippen LogP contribution is 2.34. The fourth-order valence-corrected chi connectivity index (χ4v) is 3.01. The highest BCUT2D eigenvalue weighted by atomic mass is 32.1. The number of carbonyl (C=O) groups is 2. The fourth-order valence-electron chi connectivity index (χ4n) is 2.23. The number of nitrogens with zero attached hydrogens (tertiary/aromatic N) is 2. The molecular formula is C17H18F3N3O4S. The molecule has 152 valence electrons. The van der Waals surface area contributed by atoms with Crippen molar-refractivity contribution in [2.45, 2.75) is 12.7 Å². The zero-order valence-corrected chi connectivity index (χ0v) is 15.9. The Hall–Kier alpha value is -2.66. The van der Waals surface area contributed by atoms with Crippen molar-refractivity contribution < 1.29 is 32.2 Å². The van der Waals surface area contributed by atoms with Gasteiger partial charge in [0.2, 0.25) is 0 Å². The third-order valence-corrected chi connectivity index (χ3v) is 4.43. The Labute approximate surface area is 163 Å². The molecule has 28 heavy (non-hydrogen) atoms. The second-order valence-corrected chi connectivity index (χ2v) is 6.45. The molecule has 1 aromatic heterocycles. The standard InChI is InChI=1S/C17H18F3N3O4S/c1-26-8-7-23(9-14-21-13(10-28-14)15(24)27-2)16(25)22-12-6-4-3-5-11(12)17(18,19)20/h3-6,10H,7-9H2,1-2H3,(H,22,25). The van der Waals surface area contributed by atoms with Crippen LogP contribution in [0.2, 0.25) is 0 Å². The Kier molecular flexibility index (Phi) is 7.35. The van der Waals surface area contributed by atoms with Crippen molar-refractivity contribution in [3.05, 3.63) is 45.9 Å². The number of ether oxygens (including phenoxy) is 2. The summed E-state index contributed by atoms with van der Waals surface area (Å²) >= 11 is 1.13. The van der Waals surface area contributed by atoms with Crippen LogP contribution in [-0.4, -0.2) is 49.3 Å². The van der Waals surface area contributed by atoms with E-state index in [-0.39, 0.29) is 31.1 Å². The van der Waals surface area contributed by atoms with E-state index in [0.717, 1.165) is 17.4 Å². The first-order chi connectivity index (χ1) is 13.3. The van der Waals surface area contributed by atoms with Gasteiger partial charge in [0.05, 0.1) is 31.5 Å². The number of aromatic nitrogens is 1. The maximum Gasteiger partial charge on any atom is 0.418 e. The highest BCUT2D eigenvalue weighted by molar-refractivity contribution is 7.09. The van der Waals surface area contributed by atoms with Crippen LogP contribution < -0.4 is 5.32 Å².